The van der Waals surface area contributed by atoms with Gasteiger partial charge in [0.05, 0.1) is 28.4 Å². The molecule has 5 nitrogen and oxygen atoms in total. The highest BCUT2D eigenvalue weighted by Gasteiger charge is 2.15. The van der Waals surface area contributed by atoms with Crippen molar-refractivity contribution in [2.45, 2.75) is 6.42 Å². The topological polar surface area (TPSA) is 67.0 Å². The van der Waals surface area contributed by atoms with Gasteiger partial charge < -0.3 is 10.1 Å². The minimum absolute atomic E-state index is 0.134. The third-order valence-electron chi connectivity index (χ3n) is 3.55. The molecule has 1 aromatic carbocycles. The van der Waals surface area contributed by atoms with E-state index in [1.807, 2.05) is 30.3 Å². The van der Waals surface area contributed by atoms with Crippen molar-refractivity contribution in [3.05, 3.63) is 56.8 Å². The number of H-pyrrole nitrogens is 1. The van der Waals surface area contributed by atoms with E-state index in [9.17, 15) is 4.79 Å². The maximum absolute atomic E-state index is 12.4. The van der Waals surface area contributed by atoms with Gasteiger partial charge in [0.15, 0.2) is 0 Å². The number of nitrogens with one attached hydrogen (secondary N) is 2. The zero-order valence-corrected chi connectivity index (χ0v) is 15.4. The van der Waals surface area contributed by atoms with Crippen LogP contribution in [0.4, 0.5) is 0 Å². The predicted octanol–water partition coefficient (Wildman–Crippen LogP) is 3.88. The van der Waals surface area contributed by atoms with Gasteiger partial charge in [-0.1, -0.05) is 0 Å². The monoisotopic (exact) mass is 405 g/mol. The number of halogens is 1. The molecule has 0 unspecified atom stereocenters. The highest BCUT2D eigenvalue weighted by atomic mass is 79.9. The van der Waals surface area contributed by atoms with Crippen molar-refractivity contribution in [3.8, 4) is 17.0 Å². The molecule has 2 heterocycles. The Morgan fingerprint density at radius 1 is 1.29 bits per heavy atom. The van der Waals surface area contributed by atoms with Crippen LogP contribution in [0.2, 0.25) is 0 Å². The first-order chi connectivity index (χ1) is 11.7. The summed E-state index contributed by atoms with van der Waals surface area (Å²) in [6, 6.07) is 11.6. The second-order valence-electron chi connectivity index (χ2n) is 5.10. The second-order valence-corrected chi connectivity index (χ2v) is 7.65. The van der Waals surface area contributed by atoms with Gasteiger partial charge in [0, 0.05) is 17.0 Å². The van der Waals surface area contributed by atoms with Gasteiger partial charge in [-0.3, -0.25) is 9.89 Å². The lowest BCUT2D eigenvalue weighted by atomic mass is 10.1. The molecule has 0 aliphatic carbocycles. The number of aromatic nitrogens is 2. The fraction of sp³-hybridized carbons (Fsp3) is 0.176. The van der Waals surface area contributed by atoms with Gasteiger partial charge in [0.25, 0.3) is 5.91 Å². The van der Waals surface area contributed by atoms with Crippen LogP contribution in [0.25, 0.3) is 11.3 Å². The predicted molar refractivity (Wildman–Crippen MR) is 98.6 cm³/mol. The van der Waals surface area contributed by atoms with Crippen molar-refractivity contribution in [2.75, 3.05) is 13.7 Å². The Morgan fingerprint density at radius 3 is 2.75 bits per heavy atom. The second kappa shape index (κ2) is 7.63. The van der Waals surface area contributed by atoms with E-state index in [-0.39, 0.29) is 5.91 Å². The molecule has 0 saturated carbocycles. The Bertz CT molecular complexity index is 826. The van der Waals surface area contributed by atoms with Gasteiger partial charge in [0.1, 0.15) is 5.75 Å². The first-order valence-corrected chi connectivity index (χ1v) is 8.98. The number of hydrogen-bond donors (Lipinski definition) is 2. The summed E-state index contributed by atoms with van der Waals surface area (Å²) in [5, 5.41) is 9.85. The molecule has 7 heteroatoms. The smallest absolute Gasteiger partial charge is 0.255 e. The number of methoxy groups -OCH3 is 1. The average molecular weight is 406 g/mol. The Labute approximate surface area is 152 Å². The molecular weight excluding hydrogens is 390 g/mol. The van der Waals surface area contributed by atoms with Gasteiger partial charge in [0.2, 0.25) is 0 Å². The van der Waals surface area contributed by atoms with E-state index < -0.39 is 0 Å². The molecule has 1 amide bonds. The third-order valence-corrected chi connectivity index (χ3v) is 5.23. The van der Waals surface area contributed by atoms with E-state index in [0.717, 1.165) is 21.5 Å². The Balaban J connectivity index is 1.66. The van der Waals surface area contributed by atoms with Crippen molar-refractivity contribution < 1.29 is 9.53 Å². The normalized spacial score (nSPS) is 10.6. The number of rotatable bonds is 6. The third kappa shape index (κ3) is 3.85. The number of carbonyl (C=O) groups is 1. The van der Waals surface area contributed by atoms with Crippen LogP contribution in [0.15, 0.2) is 46.4 Å². The average Bonchev–Trinajstić information content (AvgIpc) is 3.24. The fourth-order valence-corrected chi connectivity index (χ4v) is 3.80. The van der Waals surface area contributed by atoms with E-state index in [0.29, 0.717) is 17.8 Å². The molecule has 0 saturated heterocycles. The van der Waals surface area contributed by atoms with E-state index in [1.165, 1.54) is 4.88 Å². The number of ether oxygens (including phenoxy) is 1. The van der Waals surface area contributed by atoms with E-state index >= 15 is 0 Å². The van der Waals surface area contributed by atoms with Crippen LogP contribution in [0.5, 0.6) is 5.75 Å². The van der Waals surface area contributed by atoms with Gasteiger partial charge in [-0.15, -0.1) is 11.3 Å². The van der Waals surface area contributed by atoms with Crippen molar-refractivity contribution >= 4 is 33.2 Å². The Hall–Kier alpha value is -2.12. The summed E-state index contributed by atoms with van der Waals surface area (Å²) >= 11 is 5.12. The van der Waals surface area contributed by atoms with E-state index in [2.05, 4.69) is 37.5 Å². The standard InChI is InChI=1S/C17H16BrN3O2S/c1-23-12-4-2-11(3-5-12)16-14(10-20-21-16)17(22)19-9-8-13-6-7-15(18)24-13/h2-7,10H,8-9H2,1H3,(H,19,22)(H,20,21). The summed E-state index contributed by atoms with van der Waals surface area (Å²) in [5.74, 6) is 0.636. The van der Waals surface area contributed by atoms with Crippen LogP contribution < -0.4 is 10.1 Å². The minimum Gasteiger partial charge on any atom is -0.497 e. The molecule has 0 fully saturated rings. The van der Waals surface area contributed by atoms with Crippen LogP contribution in [0, 0.1) is 0 Å². The van der Waals surface area contributed by atoms with E-state index in [1.54, 1.807) is 24.6 Å². The van der Waals surface area contributed by atoms with Crippen LogP contribution in [-0.4, -0.2) is 29.8 Å². The quantitative estimate of drug-likeness (QED) is 0.653. The van der Waals surface area contributed by atoms with Crippen LogP contribution in [0.3, 0.4) is 0 Å². The summed E-state index contributed by atoms with van der Waals surface area (Å²) in [4.78, 5) is 13.6. The van der Waals surface area contributed by atoms with Crippen molar-refractivity contribution in [1.29, 1.82) is 0 Å². The number of carbonyl (C=O) groups excluding carboxylic acids is 1. The largest absolute Gasteiger partial charge is 0.497 e. The van der Waals surface area contributed by atoms with Crippen LogP contribution in [0.1, 0.15) is 15.2 Å². The maximum Gasteiger partial charge on any atom is 0.255 e. The van der Waals surface area contributed by atoms with Gasteiger partial charge in [-0.05, 0) is 58.7 Å². The highest BCUT2D eigenvalue weighted by Crippen LogP contribution is 2.24. The lowest BCUT2D eigenvalue weighted by Crippen LogP contribution is -2.25. The SMILES string of the molecule is COc1ccc(-c2[nH]ncc2C(=O)NCCc2ccc(Br)s2)cc1. The number of aromatic amines is 1. The van der Waals surface area contributed by atoms with Gasteiger partial charge >= 0.3 is 0 Å². The summed E-state index contributed by atoms with van der Waals surface area (Å²) < 4.78 is 6.25. The molecule has 0 aliphatic heterocycles. The molecule has 0 atom stereocenters. The van der Waals surface area contributed by atoms with Crippen molar-refractivity contribution in [1.82, 2.24) is 15.5 Å². The highest BCUT2D eigenvalue weighted by molar-refractivity contribution is 9.11. The lowest BCUT2D eigenvalue weighted by Gasteiger charge is -2.06. The molecule has 2 N–H and O–H groups in total. The summed E-state index contributed by atoms with van der Waals surface area (Å²) in [5.41, 5.74) is 2.13. The molecule has 0 aliphatic rings. The molecule has 124 valence electrons. The fourth-order valence-electron chi connectivity index (χ4n) is 2.32. The van der Waals surface area contributed by atoms with Crippen molar-refractivity contribution in [3.63, 3.8) is 0 Å². The molecular formula is C17H16BrN3O2S. The van der Waals surface area contributed by atoms with Gasteiger partial charge in [-0.2, -0.15) is 5.10 Å². The minimum atomic E-state index is -0.134. The number of hydrogen-bond acceptors (Lipinski definition) is 4. The van der Waals surface area contributed by atoms with Crippen LogP contribution in [-0.2, 0) is 6.42 Å². The molecule has 3 rings (SSSR count). The number of amides is 1. The molecule has 3 aromatic rings. The number of thiophene rings is 1. The van der Waals surface area contributed by atoms with Crippen molar-refractivity contribution in [2.24, 2.45) is 0 Å². The van der Waals surface area contributed by atoms with Crippen LogP contribution >= 0.6 is 27.3 Å². The van der Waals surface area contributed by atoms with E-state index in [4.69, 9.17) is 4.74 Å². The molecule has 0 bridgehead atoms. The maximum atomic E-state index is 12.4. The molecule has 0 spiro atoms. The number of benzene rings is 1. The Kier molecular flexibility index (Phi) is 5.32. The van der Waals surface area contributed by atoms with Gasteiger partial charge in [-0.25, -0.2) is 0 Å². The first-order valence-electron chi connectivity index (χ1n) is 7.37. The zero-order chi connectivity index (χ0) is 16.9. The zero-order valence-electron chi connectivity index (χ0n) is 13.0. The summed E-state index contributed by atoms with van der Waals surface area (Å²) in [6.07, 6.45) is 2.36. The lowest BCUT2D eigenvalue weighted by molar-refractivity contribution is 0.0955. The summed E-state index contributed by atoms with van der Waals surface area (Å²) in [7, 11) is 1.62. The molecule has 2 aromatic heterocycles. The number of nitrogens with zero attached hydrogens (tertiary/aromatic N) is 1. The first kappa shape index (κ1) is 16.7. The Morgan fingerprint density at radius 2 is 2.08 bits per heavy atom. The summed E-state index contributed by atoms with van der Waals surface area (Å²) in [6.45, 7) is 0.582. The molecule has 0 radical (unpaired) electrons. The molecule has 24 heavy (non-hydrogen) atoms.